The first-order valence-electron chi connectivity index (χ1n) is 6.74. The lowest BCUT2D eigenvalue weighted by molar-refractivity contribution is -0.138. The second-order valence-corrected chi connectivity index (χ2v) is 4.73. The highest BCUT2D eigenvalue weighted by Crippen LogP contribution is 2.35. The van der Waals surface area contributed by atoms with Crippen LogP contribution in [0.2, 0.25) is 0 Å². The summed E-state index contributed by atoms with van der Waals surface area (Å²) in [6.45, 7) is 3.64. The van der Waals surface area contributed by atoms with Gasteiger partial charge in [0, 0.05) is 6.04 Å². The Bertz CT molecular complexity index is 416. The van der Waals surface area contributed by atoms with E-state index in [0.717, 1.165) is 31.7 Å². The van der Waals surface area contributed by atoms with E-state index in [-0.39, 0.29) is 5.56 Å². The summed E-state index contributed by atoms with van der Waals surface area (Å²) >= 11 is 0. The Morgan fingerprint density at radius 2 is 1.90 bits per heavy atom. The minimum absolute atomic E-state index is 0.214. The van der Waals surface area contributed by atoms with Gasteiger partial charge in [-0.05, 0) is 30.9 Å². The van der Waals surface area contributed by atoms with E-state index in [2.05, 4.69) is 12.0 Å². The zero-order valence-corrected chi connectivity index (χ0v) is 11.4. The average Bonchev–Trinajstić information content (AvgIpc) is 2.42. The minimum Gasteiger partial charge on any atom is -0.271 e. The highest BCUT2D eigenvalue weighted by Gasteiger charge is 2.34. The maximum absolute atomic E-state index is 13.0. The van der Waals surface area contributed by atoms with Crippen LogP contribution >= 0.6 is 0 Å². The van der Waals surface area contributed by atoms with E-state index >= 15 is 0 Å². The molecule has 1 unspecified atom stereocenters. The van der Waals surface area contributed by atoms with Crippen LogP contribution in [0.4, 0.5) is 13.2 Å². The SMILES string of the molecule is C=CCCCCCC(NN)c1ccccc1C(F)(F)F. The fraction of sp³-hybridized carbons (Fsp3) is 0.467. The zero-order chi connectivity index (χ0) is 15.0. The van der Waals surface area contributed by atoms with Crippen molar-refractivity contribution in [2.75, 3.05) is 0 Å². The molecule has 0 saturated carbocycles. The van der Waals surface area contributed by atoms with Gasteiger partial charge >= 0.3 is 6.18 Å². The average molecular weight is 286 g/mol. The van der Waals surface area contributed by atoms with Crippen LogP contribution < -0.4 is 11.3 Å². The Balaban J connectivity index is 2.72. The molecular formula is C15H21F3N2. The molecule has 0 aliphatic heterocycles. The lowest BCUT2D eigenvalue weighted by Crippen LogP contribution is -2.29. The van der Waals surface area contributed by atoms with E-state index in [1.54, 1.807) is 6.07 Å². The lowest BCUT2D eigenvalue weighted by Gasteiger charge is -2.21. The van der Waals surface area contributed by atoms with Gasteiger partial charge in [-0.2, -0.15) is 13.2 Å². The molecule has 112 valence electrons. The number of nitrogens with two attached hydrogens (primary N) is 1. The van der Waals surface area contributed by atoms with Crippen molar-refractivity contribution < 1.29 is 13.2 Å². The molecule has 0 spiro atoms. The Morgan fingerprint density at radius 1 is 1.20 bits per heavy atom. The van der Waals surface area contributed by atoms with E-state index in [1.165, 1.54) is 12.1 Å². The predicted octanol–water partition coefficient (Wildman–Crippen LogP) is 4.35. The number of hydrazine groups is 1. The highest BCUT2D eigenvalue weighted by molar-refractivity contribution is 5.32. The first-order chi connectivity index (χ1) is 9.50. The molecule has 1 aromatic rings. The summed E-state index contributed by atoms with van der Waals surface area (Å²) in [5, 5.41) is 0. The first kappa shape index (κ1) is 16.7. The summed E-state index contributed by atoms with van der Waals surface area (Å²) in [4.78, 5) is 0. The number of rotatable bonds is 8. The molecule has 1 aromatic carbocycles. The van der Waals surface area contributed by atoms with Gasteiger partial charge in [0.25, 0.3) is 0 Å². The predicted molar refractivity (Wildman–Crippen MR) is 74.8 cm³/mol. The third-order valence-electron chi connectivity index (χ3n) is 3.24. The molecule has 2 nitrogen and oxygen atoms in total. The fourth-order valence-electron chi connectivity index (χ4n) is 2.20. The zero-order valence-electron chi connectivity index (χ0n) is 11.4. The summed E-state index contributed by atoms with van der Waals surface area (Å²) in [6.07, 6.45) is 1.79. The largest absolute Gasteiger partial charge is 0.416 e. The van der Waals surface area contributed by atoms with Gasteiger partial charge in [0.2, 0.25) is 0 Å². The van der Waals surface area contributed by atoms with E-state index in [9.17, 15) is 13.2 Å². The second-order valence-electron chi connectivity index (χ2n) is 4.73. The van der Waals surface area contributed by atoms with Crippen LogP contribution in [0.15, 0.2) is 36.9 Å². The molecular weight excluding hydrogens is 265 g/mol. The third-order valence-corrected chi connectivity index (χ3v) is 3.24. The monoisotopic (exact) mass is 286 g/mol. The number of halogens is 3. The first-order valence-corrected chi connectivity index (χ1v) is 6.74. The molecule has 0 aliphatic rings. The molecule has 0 aromatic heterocycles. The lowest BCUT2D eigenvalue weighted by atomic mass is 9.96. The number of unbranched alkanes of at least 4 members (excludes halogenated alkanes) is 3. The Morgan fingerprint density at radius 3 is 2.50 bits per heavy atom. The smallest absolute Gasteiger partial charge is 0.271 e. The number of benzene rings is 1. The van der Waals surface area contributed by atoms with Gasteiger partial charge in [0.15, 0.2) is 0 Å². The highest BCUT2D eigenvalue weighted by atomic mass is 19.4. The van der Waals surface area contributed by atoms with Crippen molar-refractivity contribution >= 4 is 0 Å². The van der Waals surface area contributed by atoms with Gasteiger partial charge in [0.05, 0.1) is 5.56 Å². The van der Waals surface area contributed by atoms with Crippen LogP contribution in [-0.4, -0.2) is 0 Å². The summed E-state index contributed by atoms with van der Waals surface area (Å²) in [6, 6.07) is 5.10. The standard InChI is InChI=1S/C15H21F3N2/c1-2-3-4-5-6-11-14(20-19)12-9-7-8-10-13(12)15(16,17)18/h2,7-10,14,20H,1,3-6,11,19H2. The van der Waals surface area contributed by atoms with Gasteiger partial charge in [-0.15, -0.1) is 6.58 Å². The normalized spacial score (nSPS) is 13.2. The van der Waals surface area contributed by atoms with E-state index < -0.39 is 17.8 Å². The Labute approximate surface area is 117 Å². The van der Waals surface area contributed by atoms with Crippen molar-refractivity contribution in [1.82, 2.24) is 5.43 Å². The van der Waals surface area contributed by atoms with E-state index in [4.69, 9.17) is 5.84 Å². The van der Waals surface area contributed by atoms with Crippen molar-refractivity contribution in [3.8, 4) is 0 Å². The van der Waals surface area contributed by atoms with Gasteiger partial charge in [-0.1, -0.05) is 37.1 Å². The summed E-state index contributed by atoms with van der Waals surface area (Å²) in [5.74, 6) is 5.42. The molecule has 0 radical (unpaired) electrons. The molecule has 0 fully saturated rings. The molecule has 1 rings (SSSR count). The molecule has 0 saturated heterocycles. The summed E-state index contributed by atoms with van der Waals surface area (Å²) < 4.78 is 38.9. The van der Waals surface area contributed by atoms with Crippen molar-refractivity contribution in [3.05, 3.63) is 48.0 Å². The van der Waals surface area contributed by atoms with Gasteiger partial charge in [-0.25, -0.2) is 0 Å². The minimum atomic E-state index is -4.35. The molecule has 0 aliphatic carbocycles. The molecule has 0 heterocycles. The van der Waals surface area contributed by atoms with Gasteiger partial charge < -0.3 is 0 Å². The third kappa shape index (κ3) is 4.98. The quantitative estimate of drug-likeness (QED) is 0.323. The molecule has 3 N–H and O–H groups in total. The number of hydrogen-bond donors (Lipinski definition) is 2. The fourth-order valence-corrected chi connectivity index (χ4v) is 2.20. The maximum Gasteiger partial charge on any atom is 0.416 e. The van der Waals surface area contributed by atoms with Crippen molar-refractivity contribution in [3.63, 3.8) is 0 Å². The van der Waals surface area contributed by atoms with Crippen LogP contribution in [0.1, 0.15) is 49.3 Å². The van der Waals surface area contributed by atoms with Crippen LogP contribution in [0.5, 0.6) is 0 Å². The number of allylic oxidation sites excluding steroid dienone is 1. The molecule has 5 heteroatoms. The van der Waals surface area contributed by atoms with Crippen molar-refractivity contribution in [2.45, 2.75) is 44.3 Å². The molecule has 0 bridgehead atoms. The van der Waals surface area contributed by atoms with Gasteiger partial charge in [0.1, 0.15) is 0 Å². The Hall–Kier alpha value is -1.33. The number of alkyl halides is 3. The summed E-state index contributed by atoms with van der Waals surface area (Å²) in [7, 11) is 0. The van der Waals surface area contributed by atoms with E-state index in [1.807, 2.05) is 6.08 Å². The molecule has 0 amide bonds. The molecule has 1 atom stereocenters. The van der Waals surface area contributed by atoms with Crippen LogP contribution in [0.25, 0.3) is 0 Å². The van der Waals surface area contributed by atoms with Gasteiger partial charge in [-0.3, -0.25) is 11.3 Å². The van der Waals surface area contributed by atoms with Crippen molar-refractivity contribution in [2.24, 2.45) is 5.84 Å². The molecule has 20 heavy (non-hydrogen) atoms. The summed E-state index contributed by atoms with van der Waals surface area (Å²) in [5.41, 5.74) is 2.10. The number of hydrogen-bond acceptors (Lipinski definition) is 2. The van der Waals surface area contributed by atoms with Crippen LogP contribution in [-0.2, 0) is 6.18 Å². The van der Waals surface area contributed by atoms with E-state index in [0.29, 0.717) is 6.42 Å². The second kappa shape index (κ2) is 8.07. The van der Waals surface area contributed by atoms with Crippen molar-refractivity contribution in [1.29, 1.82) is 0 Å². The van der Waals surface area contributed by atoms with Crippen LogP contribution in [0.3, 0.4) is 0 Å². The van der Waals surface area contributed by atoms with Crippen LogP contribution in [0, 0.1) is 0 Å². The maximum atomic E-state index is 13.0. The number of nitrogens with one attached hydrogen (secondary N) is 1. The Kier molecular flexibility index (Phi) is 6.75. The topological polar surface area (TPSA) is 38.0 Å².